The SMILES string of the molecule is Cc1nc(CNS(=O)(=O)c2ccc(C#N)c(Cl)c2)cs1. The van der Waals surface area contributed by atoms with Crippen molar-refractivity contribution in [1.82, 2.24) is 9.71 Å². The first kappa shape index (κ1) is 14.9. The van der Waals surface area contributed by atoms with Crippen LogP contribution in [0.4, 0.5) is 0 Å². The van der Waals surface area contributed by atoms with Gasteiger partial charge in [0.15, 0.2) is 0 Å². The second kappa shape index (κ2) is 5.89. The topological polar surface area (TPSA) is 82.8 Å². The summed E-state index contributed by atoms with van der Waals surface area (Å²) in [4.78, 5) is 4.20. The van der Waals surface area contributed by atoms with Crippen LogP contribution in [-0.4, -0.2) is 13.4 Å². The summed E-state index contributed by atoms with van der Waals surface area (Å²) in [5.74, 6) is 0. The molecule has 0 unspecified atom stereocenters. The molecule has 104 valence electrons. The van der Waals surface area contributed by atoms with E-state index in [9.17, 15) is 8.42 Å². The van der Waals surface area contributed by atoms with Crippen molar-refractivity contribution in [2.24, 2.45) is 0 Å². The van der Waals surface area contributed by atoms with Gasteiger partial charge in [-0.25, -0.2) is 18.1 Å². The molecule has 0 saturated carbocycles. The van der Waals surface area contributed by atoms with Gasteiger partial charge in [-0.15, -0.1) is 11.3 Å². The van der Waals surface area contributed by atoms with Gasteiger partial charge in [-0.2, -0.15) is 5.26 Å². The molecule has 1 heterocycles. The van der Waals surface area contributed by atoms with Crippen LogP contribution in [0.15, 0.2) is 28.5 Å². The van der Waals surface area contributed by atoms with E-state index in [2.05, 4.69) is 9.71 Å². The van der Waals surface area contributed by atoms with Crippen LogP contribution in [0.5, 0.6) is 0 Å². The molecule has 0 bridgehead atoms. The zero-order chi connectivity index (χ0) is 14.8. The highest BCUT2D eigenvalue weighted by Crippen LogP contribution is 2.20. The largest absolute Gasteiger partial charge is 0.245 e. The fourth-order valence-electron chi connectivity index (χ4n) is 1.50. The van der Waals surface area contributed by atoms with Crippen LogP contribution in [0.3, 0.4) is 0 Å². The summed E-state index contributed by atoms with van der Waals surface area (Å²) >= 11 is 7.29. The van der Waals surface area contributed by atoms with Crippen LogP contribution in [0.2, 0.25) is 5.02 Å². The van der Waals surface area contributed by atoms with E-state index in [-0.39, 0.29) is 22.0 Å². The number of aromatic nitrogens is 1. The number of benzene rings is 1. The van der Waals surface area contributed by atoms with Crippen LogP contribution in [0.25, 0.3) is 0 Å². The van der Waals surface area contributed by atoms with Gasteiger partial charge < -0.3 is 0 Å². The molecule has 2 rings (SSSR count). The van der Waals surface area contributed by atoms with Crippen LogP contribution in [0, 0.1) is 18.3 Å². The number of halogens is 1. The number of nitrogens with zero attached hydrogens (tertiary/aromatic N) is 2. The Bertz CT molecular complexity index is 778. The first-order valence-electron chi connectivity index (χ1n) is 5.53. The first-order chi connectivity index (χ1) is 9.42. The summed E-state index contributed by atoms with van der Waals surface area (Å²) in [5, 5.41) is 11.5. The maximum atomic E-state index is 12.1. The Balaban J connectivity index is 2.18. The Hall–Kier alpha value is -1.46. The third-order valence-electron chi connectivity index (χ3n) is 2.48. The molecular formula is C12H10ClN3O2S2. The molecular weight excluding hydrogens is 318 g/mol. The molecule has 0 spiro atoms. The van der Waals surface area contributed by atoms with Crippen molar-refractivity contribution >= 4 is 33.0 Å². The second-order valence-electron chi connectivity index (χ2n) is 3.94. The molecule has 1 N–H and O–H groups in total. The van der Waals surface area contributed by atoms with E-state index >= 15 is 0 Å². The van der Waals surface area contributed by atoms with Gasteiger partial charge in [0.2, 0.25) is 10.0 Å². The fourth-order valence-corrected chi connectivity index (χ4v) is 3.42. The highest BCUT2D eigenvalue weighted by atomic mass is 35.5. The summed E-state index contributed by atoms with van der Waals surface area (Å²) in [6.07, 6.45) is 0. The molecule has 20 heavy (non-hydrogen) atoms. The molecule has 0 saturated heterocycles. The molecule has 2 aromatic rings. The van der Waals surface area contributed by atoms with Crippen LogP contribution >= 0.6 is 22.9 Å². The van der Waals surface area contributed by atoms with E-state index in [4.69, 9.17) is 16.9 Å². The lowest BCUT2D eigenvalue weighted by Crippen LogP contribution is -2.23. The van der Waals surface area contributed by atoms with Crippen molar-refractivity contribution in [1.29, 1.82) is 5.26 Å². The number of sulfonamides is 1. The minimum atomic E-state index is -3.68. The van der Waals surface area contributed by atoms with Crippen molar-refractivity contribution in [3.05, 3.63) is 44.9 Å². The molecule has 0 atom stereocenters. The molecule has 0 aliphatic rings. The number of nitriles is 1. The monoisotopic (exact) mass is 327 g/mol. The number of hydrogen-bond donors (Lipinski definition) is 1. The first-order valence-corrected chi connectivity index (χ1v) is 8.27. The standard InChI is InChI=1S/C12H10ClN3O2S2/c1-8-16-10(7-19-8)6-15-20(17,18)11-3-2-9(5-14)12(13)4-11/h2-4,7,15H,6H2,1H3. The van der Waals surface area contributed by atoms with Gasteiger partial charge in [-0.1, -0.05) is 11.6 Å². The van der Waals surface area contributed by atoms with Crippen molar-refractivity contribution < 1.29 is 8.42 Å². The quantitative estimate of drug-likeness (QED) is 0.935. The number of hydrogen-bond acceptors (Lipinski definition) is 5. The Morgan fingerprint density at radius 2 is 2.25 bits per heavy atom. The Morgan fingerprint density at radius 3 is 2.80 bits per heavy atom. The van der Waals surface area contributed by atoms with Gasteiger partial charge >= 0.3 is 0 Å². The van der Waals surface area contributed by atoms with E-state index in [1.54, 1.807) is 5.38 Å². The van der Waals surface area contributed by atoms with E-state index < -0.39 is 10.0 Å². The molecule has 1 aromatic carbocycles. The molecule has 8 heteroatoms. The highest BCUT2D eigenvalue weighted by molar-refractivity contribution is 7.89. The summed E-state index contributed by atoms with van der Waals surface area (Å²) < 4.78 is 26.6. The number of aryl methyl sites for hydroxylation is 1. The van der Waals surface area contributed by atoms with Gasteiger partial charge in [0.05, 0.1) is 32.7 Å². The maximum absolute atomic E-state index is 12.1. The predicted molar refractivity (Wildman–Crippen MR) is 77.0 cm³/mol. The maximum Gasteiger partial charge on any atom is 0.240 e. The van der Waals surface area contributed by atoms with E-state index in [1.165, 1.54) is 29.5 Å². The number of nitrogens with one attached hydrogen (secondary N) is 1. The van der Waals surface area contributed by atoms with E-state index in [1.807, 2.05) is 13.0 Å². The molecule has 5 nitrogen and oxygen atoms in total. The minimum absolute atomic E-state index is 0.0217. The van der Waals surface area contributed by atoms with Gasteiger partial charge in [0.1, 0.15) is 6.07 Å². The smallest absolute Gasteiger partial charge is 0.240 e. The van der Waals surface area contributed by atoms with Gasteiger partial charge in [0, 0.05) is 5.38 Å². The molecule has 0 amide bonds. The van der Waals surface area contributed by atoms with E-state index in [0.717, 1.165) is 5.01 Å². The lowest BCUT2D eigenvalue weighted by Gasteiger charge is -2.06. The lowest BCUT2D eigenvalue weighted by atomic mass is 10.2. The molecule has 0 aliphatic heterocycles. The Labute approximate surface area is 125 Å². The predicted octanol–water partition coefficient (Wildman–Crippen LogP) is 2.46. The van der Waals surface area contributed by atoms with Crippen molar-refractivity contribution in [2.45, 2.75) is 18.4 Å². The van der Waals surface area contributed by atoms with Gasteiger partial charge in [0.25, 0.3) is 0 Å². The average molecular weight is 328 g/mol. The van der Waals surface area contributed by atoms with Crippen molar-refractivity contribution in [3.8, 4) is 6.07 Å². The summed E-state index contributed by atoms with van der Waals surface area (Å²) in [6.45, 7) is 1.97. The second-order valence-corrected chi connectivity index (χ2v) is 7.17. The third-order valence-corrected chi connectivity index (χ3v) is 5.02. The van der Waals surface area contributed by atoms with Crippen molar-refractivity contribution in [3.63, 3.8) is 0 Å². The van der Waals surface area contributed by atoms with E-state index in [0.29, 0.717) is 5.69 Å². The fraction of sp³-hybridized carbons (Fsp3) is 0.167. The molecule has 0 radical (unpaired) electrons. The minimum Gasteiger partial charge on any atom is -0.245 e. The third kappa shape index (κ3) is 3.35. The van der Waals surface area contributed by atoms with Gasteiger partial charge in [-0.3, -0.25) is 0 Å². The average Bonchev–Trinajstić information content (AvgIpc) is 2.82. The van der Waals surface area contributed by atoms with Crippen molar-refractivity contribution in [2.75, 3.05) is 0 Å². The Kier molecular flexibility index (Phi) is 4.40. The number of rotatable bonds is 4. The summed E-state index contributed by atoms with van der Waals surface area (Å²) in [5.41, 5.74) is 0.900. The number of thiazole rings is 1. The molecule has 1 aromatic heterocycles. The van der Waals surface area contributed by atoms with Crippen LogP contribution < -0.4 is 4.72 Å². The highest BCUT2D eigenvalue weighted by Gasteiger charge is 2.16. The molecule has 0 aliphatic carbocycles. The van der Waals surface area contributed by atoms with Crippen LogP contribution in [0.1, 0.15) is 16.3 Å². The van der Waals surface area contributed by atoms with Crippen LogP contribution in [-0.2, 0) is 16.6 Å². The Morgan fingerprint density at radius 1 is 1.50 bits per heavy atom. The summed E-state index contributed by atoms with van der Waals surface area (Å²) in [7, 11) is -3.68. The lowest BCUT2D eigenvalue weighted by molar-refractivity contribution is 0.580. The normalized spacial score (nSPS) is 11.2. The summed E-state index contributed by atoms with van der Waals surface area (Å²) in [6, 6.07) is 5.86. The zero-order valence-electron chi connectivity index (χ0n) is 10.4. The van der Waals surface area contributed by atoms with Gasteiger partial charge in [-0.05, 0) is 25.1 Å². The molecule has 0 fully saturated rings. The zero-order valence-corrected chi connectivity index (χ0v) is 12.8.